The number of fused-ring (bicyclic) bond motifs is 1. The molecule has 0 saturated carbocycles. The number of benzene rings is 1. The topological polar surface area (TPSA) is 86.8 Å². The molecule has 1 unspecified atom stereocenters. The van der Waals surface area contributed by atoms with E-state index in [1.807, 2.05) is 4.57 Å². The Hall–Kier alpha value is -2.74. The van der Waals surface area contributed by atoms with Gasteiger partial charge in [0, 0.05) is 10.6 Å². The van der Waals surface area contributed by atoms with Gasteiger partial charge in [-0.1, -0.05) is 24.6 Å². The third-order valence-corrected chi connectivity index (χ3v) is 9.31. The molecule has 1 aliphatic heterocycles. The number of carbonyl (C=O) groups excluding carboxylic acids is 1. The fourth-order valence-corrected chi connectivity index (χ4v) is 7.20. The smallest absolute Gasteiger partial charge is 0.235 e. The molecule has 3 aromatic rings. The highest BCUT2D eigenvalue weighted by Gasteiger charge is 2.26. The number of rotatable bonds is 7. The van der Waals surface area contributed by atoms with Crippen molar-refractivity contribution in [2.45, 2.75) is 69.5 Å². The van der Waals surface area contributed by atoms with Crippen LogP contribution in [0.1, 0.15) is 73.3 Å². The van der Waals surface area contributed by atoms with Crippen molar-refractivity contribution in [2.75, 3.05) is 24.2 Å². The number of hydrogen-bond acceptors (Lipinski definition) is 7. The highest BCUT2D eigenvalue weighted by molar-refractivity contribution is 7.99. The summed E-state index contributed by atoms with van der Waals surface area (Å²) in [7, 11) is 0. The van der Waals surface area contributed by atoms with Gasteiger partial charge in [-0.3, -0.25) is 14.3 Å². The number of likely N-dealkylation sites (tertiary alicyclic amines) is 1. The van der Waals surface area contributed by atoms with Crippen LogP contribution in [0.15, 0.2) is 29.4 Å². The molecule has 1 atom stereocenters. The lowest BCUT2D eigenvalue weighted by Gasteiger charge is -2.31. The molecule has 5 rings (SSSR count). The quantitative estimate of drug-likeness (QED) is 0.298. The number of hydrogen-bond donors (Lipinski definition) is 1. The van der Waals surface area contributed by atoms with Crippen LogP contribution in [0.2, 0.25) is 0 Å². The number of aryl methyl sites for hydroxylation is 1. The Morgan fingerprint density at radius 1 is 1.14 bits per heavy atom. The van der Waals surface area contributed by atoms with Crippen molar-refractivity contribution in [3.05, 3.63) is 51.9 Å². The van der Waals surface area contributed by atoms with Gasteiger partial charge in [0.25, 0.3) is 0 Å². The van der Waals surface area contributed by atoms with Crippen LogP contribution in [-0.2, 0) is 17.6 Å². The molecule has 1 fully saturated rings. The highest BCUT2D eigenvalue weighted by atomic mass is 32.2. The van der Waals surface area contributed by atoms with Crippen LogP contribution in [0.3, 0.4) is 0 Å². The van der Waals surface area contributed by atoms with Crippen LogP contribution < -0.4 is 5.32 Å². The SMILES string of the molecule is CC(c1nnc(SCC(=O)Nc2sc3c(c2C#N)CCCCC3)n1-c1ccc(F)cc1)N1CCCCC1. The number of carbonyl (C=O) groups is 1. The van der Waals surface area contributed by atoms with E-state index >= 15 is 0 Å². The monoisotopic (exact) mass is 538 g/mol. The van der Waals surface area contributed by atoms with Gasteiger partial charge in [0.05, 0.1) is 17.4 Å². The number of thiophene rings is 1. The van der Waals surface area contributed by atoms with Crippen LogP contribution in [0, 0.1) is 17.1 Å². The number of nitrogens with one attached hydrogen (secondary N) is 1. The predicted molar refractivity (Wildman–Crippen MR) is 145 cm³/mol. The standard InChI is InChI=1S/C27H31FN6OS2/c1-18(33-14-6-3-7-15-33)25-31-32-27(34(25)20-12-10-19(28)11-13-20)36-17-24(35)30-26-22(16-29)21-8-4-2-5-9-23(21)37-26/h10-13,18H,2-9,14-15,17H2,1H3,(H,30,35). The number of aromatic nitrogens is 3. The molecule has 194 valence electrons. The predicted octanol–water partition coefficient (Wildman–Crippen LogP) is 5.89. The summed E-state index contributed by atoms with van der Waals surface area (Å²) in [6, 6.07) is 8.65. The molecule has 1 aliphatic carbocycles. The lowest BCUT2D eigenvalue weighted by atomic mass is 10.1. The lowest BCUT2D eigenvalue weighted by Crippen LogP contribution is -2.33. The normalized spacial score (nSPS) is 17.0. The third-order valence-electron chi connectivity index (χ3n) is 7.17. The third kappa shape index (κ3) is 5.74. The van der Waals surface area contributed by atoms with Gasteiger partial charge in [0.1, 0.15) is 16.9 Å². The zero-order valence-corrected chi connectivity index (χ0v) is 22.6. The number of anilines is 1. The van der Waals surface area contributed by atoms with E-state index in [1.165, 1.54) is 53.0 Å². The second kappa shape index (κ2) is 11.8. The number of nitriles is 1. The van der Waals surface area contributed by atoms with E-state index in [-0.39, 0.29) is 23.5 Å². The lowest BCUT2D eigenvalue weighted by molar-refractivity contribution is -0.113. The summed E-state index contributed by atoms with van der Waals surface area (Å²) in [5, 5.41) is 22.9. The second-order valence-electron chi connectivity index (χ2n) is 9.64. The molecule has 7 nitrogen and oxygen atoms in total. The van der Waals surface area contributed by atoms with Crippen LogP contribution >= 0.6 is 23.1 Å². The van der Waals surface area contributed by atoms with Crippen molar-refractivity contribution in [2.24, 2.45) is 0 Å². The van der Waals surface area contributed by atoms with Crippen LogP contribution in [0.25, 0.3) is 5.69 Å². The van der Waals surface area contributed by atoms with Gasteiger partial charge in [-0.05, 0) is 88.4 Å². The van der Waals surface area contributed by atoms with Crippen LogP contribution in [-0.4, -0.2) is 44.4 Å². The van der Waals surface area contributed by atoms with Gasteiger partial charge in [0.15, 0.2) is 11.0 Å². The molecule has 1 saturated heterocycles. The first-order chi connectivity index (χ1) is 18.0. The highest BCUT2D eigenvalue weighted by Crippen LogP contribution is 2.37. The molecule has 10 heteroatoms. The maximum Gasteiger partial charge on any atom is 0.235 e. The molecule has 1 amide bonds. The molecule has 1 N–H and O–H groups in total. The molecule has 1 aromatic carbocycles. The van der Waals surface area contributed by atoms with E-state index in [2.05, 4.69) is 33.4 Å². The average Bonchev–Trinajstić information content (AvgIpc) is 3.40. The Labute approximate surface area is 225 Å². The largest absolute Gasteiger partial charge is 0.316 e. The fourth-order valence-electron chi connectivity index (χ4n) is 5.19. The van der Waals surface area contributed by atoms with E-state index in [1.54, 1.807) is 12.1 Å². The van der Waals surface area contributed by atoms with Crippen molar-refractivity contribution >= 4 is 34.0 Å². The Morgan fingerprint density at radius 2 is 1.86 bits per heavy atom. The number of nitrogens with zero attached hydrogens (tertiary/aromatic N) is 5. The summed E-state index contributed by atoms with van der Waals surface area (Å²) in [5.41, 5.74) is 2.50. The Bertz CT molecular complexity index is 1290. The molecule has 2 aliphatic rings. The van der Waals surface area contributed by atoms with Gasteiger partial charge in [0.2, 0.25) is 5.91 Å². The van der Waals surface area contributed by atoms with Gasteiger partial charge < -0.3 is 5.32 Å². The molecule has 2 aromatic heterocycles. The zero-order valence-electron chi connectivity index (χ0n) is 21.0. The first-order valence-corrected chi connectivity index (χ1v) is 14.8. The molecule has 0 bridgehead atoms. The summed E-state index contributed by atoms with van der Waals surface area (Å²) in [5.74, 6) is 0.422. The first kappa shape index (κ1) is 25.9. The minimum absolute atomic E-state index is 0.0423. The van der Waals surface area contributed by atoms with Gasteiger partial charge >= 0.3 is 0 Å². The minimum atomic E-state index is -0.307. The Balaban J connectivity index is 1.35. The van der Waals surface area contributed by atoms with E-state index in [9.17, 15) is 14.4 Å². The van der Waals surface area contributed by atoms with E-state index < -0.39 is 0 Å². The van der Waals surface area contributed by atoms with Gasteiger partial charge in [-0.25, -0.2) is 4.39 Å². The van der Waals surface area contributed by atoms with E-state index in [0.29, 0.717) is 15.7 Å². The van der Waals surface area contributed by atoms with Crippen LogP contribution in [0.4, 0.5) is 9.39 Å². The van der Waals surface area contributed by atoms with Crippen molar-refractivity contribution in [3.63, 3.8) is 0 Å². The first-order valence-electron chi connectivity index (χ1n) is 13.0. The maximum atomic E-state index is 13.7. The summed E-state index contributed by atoms with van der Waals surface area (Å²) in [6.45, 7) is 4.14. The molecular weight excluding hydrogens is 507 g/mol. The van der Waals surface area contributed by atoms with Gasteiger partial charge in [-0.15, -0.1) is 21.5 Å². The summed E-state index contributed by atoms with van der Waals surface area (Å²) in [4.78, 5) is 16.6. The van der Waals surface area contributed by atoms with E-state index in [0.717, 1.165) is 68.7 Å². The second-order valence-corrected chi connectivity index (χ2v) is 11.7. The Morgan fingerprint density at radius 3 is 2.62 bits per heavy atom. The van der Waals surface area contributed by atoms with Crippen molar-refractivity contribution < 1.29 is 9.18 Å². The maximum absolute atomic E-state index is 13.7. The molecule has 3 heterocycles. The van der Waals surface area contributed by atoms with Gasteiger partial charge in [-0.2, -0.15) is 5.26 Å². The molecule has 0 spiro atoms. The number of halogens is 1. The van der Waals surface area contributed by atoms with Crippen molar-refractivity contribution in [3.8, 4) is 11.8 Å². The summed E-state index contributed by atoms with van der Waals surface area (Å²) < 4.78 is 15.6. The average molecular weight is 539 g/mol. The number of thioether (sulfide) groups is 1. The van der Waals surface area contributed by atoms with Crippen LogP contribution in [0.5, 0.6) is 0 Å². The molecular formula is C27H31FN6OS2. The fraction of sp³-hybridized carbons (Fsp3) is 0.481. The number of piperidine rings is 1. The van der Waals surface area contributed by atoms with Crippen molar-refractivity contribution in [1.29, 1.82) is 5.26 Å². The Kier molecular flexibility index (Phi) is 8.23. The van der Waals surface area contributed by atoms with E-state index in [4.69, 9.17) is 0 Å². The zero-order chi connectivity index (χ0) is 25.8. The molecule has 37 heavy (non-hydrogen) atoms. The summed E-state index contributed by atoms with van der Waals surface area (Å²) in [6.07, 6.45) is 8.82. The minimum Gasteiger partial charge on any atom is -0.316 e. The summed E-state index contributed by atoms with van der Waals surface area (Å²) >= 11 is 2.83. The molecule has 0 radical (unpaired) electrons. The van der Waals surface area contributed by atoms with Crippen molar-refractivity contribution in [1.82, 2.24) is 19.7 Å². The number of amides is 1.